The number of benzene rings is 2. The number of rotatable bonds is 5. The molecule has 0 saturated carbocycles. The van der Waals surface area contributed by atoms with E-state index in [0.29, 0.717) is 13.2 Å². The first-order valence-electron chi connectivity index (χ1n) is 5.95. The Kier molecular flexibility index (Phi) is 6.92. The number of nitrogens with two attached hydrogens (primary N) is 1. The van der Waals surface area contributed by atoms with E-state index in [1.165, 1.54) is 5.56 Å². The van der Waals surface area contributed by atoms with E-state index in [1.54, 1.807) is 0 Å². The zero-order chi connectivity index (χ0) is 12.8. The average Bonchev–Trinajstić information content (AvgIpc) is 2.42. The van der Waals surface area contributed by atoms with Crippen molar-refractivity contribution in [3.05, 3.63) is 64.1 Å². The quantitative estimate of drug-likeness (QED) is 0.893. The van der Waals surface area contributed by atoms with Crippen LogP contribution in [0.2, 0.25) is 0 Å². The average molecular weight is 343 g/mol. The van der Waals surface area contributed by atoms with Gasteiger partial charge in [-0.15, -0.1) is 12.4 Å². The number of hydrogen-bond donors (Lipinski definition) is 1. The zero-order valence-corrected chi connectivity index (χ0v) is 12.9. The van der Waals surface area contributed by atoms with Gasteiger partial charge < -0.3 is 10.5 Å². The van der Waals surface area contributed by atoms with Crippen LogP contribution in [0.3, 0.4) is 0 Å². The van der Waals surface area contributed by atoms with Crippen molar-refractivity contribution < 1.29 is 4.74 Å². The summed E-state index contributed by atoms with van der Waals surface area (Å²) in [5, 5.41) is 0. The van der Waals surface area contributed by atoms with E-state index in [0.717, 1.165) is 22.2 Å². The molecule has 0 atom stereocenters. The summed E-state index contributed by atoms with van der Waals surface area (Å²) in [4.78, 5) is 0. The minimum atomic E-state index is 0. The van der Waals surface area contributed by atoms with Crippen LogP contribution in [0.5, 0.6) is 5.75 Å². The molecule has 2 nitrogen and oxygen atoms in total. The highest BCUT2D eigenvalue weighted by Gasteiger charge is 2.02. The van der Waals surface area contributed by atoms with E-state index in [-0.39, 0.29) is 12.4 Å². The lowest BCUT2D eigenvalue weighted by Crippen LogP contribution is -2.02. The molecule has 19 heavy (non-hydrogen) atoms. The van der Waals surface area contributed by atoms with Crippen LogP contribution in [0, 0.1) is 0 Å². The zero-order valence-electron chi connectivity index (χ0n) is 10.5. The van der Waals surface area contributed by atoms with E-state index in [1.807, 2.05) is 36.4 Å². The van der Waals surface area contributed by atoms with E-state index >= 15 is 0 Å². The summed E-state index contributed by atoms with van der Waals surface area (Å²) in [7, 11) is 0. The Morgan fingerprint density at radius 3 is 2.37 bits per heavy atom. The Morgan fingerprint density at radius 1 is 1.00 bits per heavy atom. The summed E-state index contributed by atoms with van der Waals surface area (Å²) in [5.41, 5.74) is 7.96. The van der Waals surface area contributed by atoms with Gasteiger partial charge in [-0.05, 0) is 39.2 Å². The molecule has 0 bridgehead atoms. The Hall–Kier alpha value is -1.03. The highest BCUT2D eigenvalue weighted by atomic mass is 79.9. The maximum atomic E-state index is 5.75. The first-order valence-corrected chi connectivity index (χ1v) is 6.74. The summed E-state index contributed by atoms with van der Waals surface area (Å²) in [6.45, 7) is 1.22. The first kappa shape index (κ1) is 16.0. The van der Waals surface area contributed by atoms with E-state index in [4.69, 9.17) is 10.5 Å². The maximum absolute atomic E-state index is 5.75. The van der Waals surface area contributed by atoms with Gasteiger partial charge in [0.25, 0.3) is 0 Å². The molecule has 2 rings (SSSR count). The Bertz CT molecular complexity index is 505. The number of hydrogen-bond acceptors (Lipinski definition) is 2. The lowest BCUT2D eigenvalue weighted by molar-refractivity contribution is 0.320. The van der Waals surface area contributed by atoms with Gasteiger partial charge in [-0.1, -0.05) is 36.4 Å². The topological polar surface area (TPSA) is 35.2 Å². The molecule has 0 aliphatic heterocycles. The molecule has 0 fully saturated rings. The van der Waals surface area contributed by atoms with Crippen LogP contribution >= 0.6 is 28.3 Å². The molecule has 4 heteroatoms. The van der Waals surface area contributed by atoms with Crippen molar-refractivity contribution in [2.24, 2.45) is 5.73 Å². The minimum absolute atomic E-state index is 0. The second-order valence-corrected chi connectivity index (χ2v) is 4.91. The highest BCUT2D eigenvalue weighted by Crippen LogP contribution is 2.26. The fourth-order valence-electron chi connectivity index (χ4n) is 1.71. The van der Waals surface area contributed by atoms with Gasteiger partial charge in [-0.2, -0.15) is 0 Å². The van der Waals surface area contributed by atoms with Crippen LogP contribution in [-0.2, 0) is 13.0 Å². The van der Waals surface area contributed by atoms with Crippen molar-refractivity contribution in [1.29, 1.82) is 0 Å². The molecule has 0 unspecified atom stereocenters. The Morgan fingerprint density at radius 2 is 1.74 bits per heavy atom. The van der Waals surface area contributed by atoms with Crippen LogP contribution in [0.1, 0.15) is 11.1 Å². The molecule has 0 saturated heterocycles. The van der Waals surface area contributed by atoms with E-state index < -0.39 is 0 Å². The van der Waals surface area contributed by atoms with E-state index in [9.17, 15) is 0 Å². The second-order valence-electron chi connectivity index (χ2n) is 4.05. The number of halogens is 2. The van der Waals surface area contributed by atoms with Crippen molar-refractivity contribution in [2.75, 3.05) is 6.61 Å². The van der Waals surface area contributed by atoms with Gasteiger partial charge in [0.1, 0.15) is 5.75 Å². The molecule has 0 aromatic heterocycles. The highest BCUT2D eigenvalue weighted by molar-refractivity contribution is 9.10. The summed E-state index contributed by atoms with van der Waals surface area (Å²) in [6.07, 6.45) is 0.909. The van der Waals surface area contributed by atoms with Gasteiger partial charge in [0.2, 0.25) is 0 Å². The molecule has 0 spiro atoms. The Balaban J connectivity index is 0.00000180. The van der Waals surface area contributed by atoms with Gasteiger partial charge in [0.05, 0.1) is 11.1 Å². The van der Waals surface area contributed by atoms with Crippen LogP contribution in [-0.4, -0.2) is 6.61 Å². The molecule has 0 radical (unpaired) electrons. The van der Waals surface area contributed by atoms with Gasteiger partial charge in [0.15, 0.2) is 0 Å². The molecule has 2 N–H and O–H groups in total. The molecule has 0 heterocycles. The molecular weight excluding hydrogens is 326 g/mol. The van der Waals surface area contributed by atoms with Crippen molar-refractivity contribution in [2.45, 2.75) is 13.0 Å². The van der Waals surface area contributed by atoms with Crippen LogP contribution < -0.4 is 10.5 Å². The molecule has 0 aliphatic carbocycles. The van der Waals surface area contributed by atoms with Gasteiger partial charge >= 0.3 is 0 Å². The second kappa shape index (κ2) is 8.20. The van der Waals surface area contributed by atoms with Crippen molar-refractivity contribution in [1.82, 2.24) is 0 Å². The molecule has 0 amide bonds. The monoisotopic (exact) mass is 341 g/mol. The molecule has 0 aliphatic rings. The van der Waals surface area contributed by atoms with Gasteiger partial charge in [-0.3, -0.25) is 0 Å². The first-order chi connectivity index (χ1) is 8.79. The van der Waals surface area contributed by atoms with E-state index in [2.05, 4.69) is 28.1 Å². The largest absolute Gasteiger partial charge is 0.492 e. The summed E-state index contributed by atoms with van der Waals surface area (Å²) in [6, 6.07) is 16.3. The van der Waals surface area contributed by atoms with Crippen LogP contribution in [0.15, 0.2) is 53.0 Å². The predicted molar refractivity (Wildman–Crippen MR) is 84.9 cm³/mol. The van der Waals surface area contributed by atoms with Gasteiger partial charge in [-0.25, -0.2) is 0 Å². The normalized spacial score (nSPS) is 9.79. The minimum Gasteiger partial charge on any atom is -0.492 e. The smallest absolute Gasteiger partial charge is 0.133 e. The molecule has 2 aromatic rings. The third-order valence-electron chi connectivity index (χ3n) is 2.72. The van der Waals surface area contributed by atoms with Crippen molar-refractivity contribution in [3.63, 3.8) is 0 Å². The third-order valence-corrected chi connectivity index (χ3v) is 3.34. The lowest BCUT2D eigenvalue weighted by Gasteiger charge is -2.09. The lowest BCUT2D eigenvalue weighted by atomic mass is 10.2. The molecule has 102 valence electrons. The van der Waals surface area contributed by atoms with Crippen LogP contribution in [0.25, 0.3) is 0 Å². The van der Waals surface area contributed by atoms with Crippen molar-refractivity contribution in [3.8, 4) is 5.75 Å². The molecular formula is C15H17BrClNO. The SMILES string of the molecule is Cl.NCc1ccc(OCCc2ccccc2)c(Br)c1. The fraction of sp³-hybridized carbons (Fsp3) is 0.200. The summed E-state index contributed by atoms with van der Waals surface area (Å²) < 4.78 is 6.71. The number of ether oxygens (including phenoxy) is 1. The summed E-state index contributed by atoms with van der Waals surface area (Å²) in [5.74, 6) is 0.864. The third kappa shape index (κ3) is 4.86. The standard InChI is InChI=1S/C15H16BrNO.ClH/c16-14-10-13(11-17)6-7-15(14)18-9-8-12-4-2-1-3-5-12;/h1-7,10H,8-9,11,17H2;1H. The van der Waals surface area contributed by atoms with Crippen LogP contribution in [0.4, 0.5) is 0 Å². The Labute approximate surface area is 128 Å². The van der Waals surface area contributed by atoms with Gasteiger partial charge in [0, 0.05) is 13.0 Å². The fourth-order valence-corrected chi connectivity index (χ4v) is 2.25. The summed E-state index contributed by atoms with van der Waals surface area (Å²) >= 11 is 3.49. The van der Waals surface area contributed by atoms with Crippen molar-refractivity contribution >= 4 is 28.3 Å². The maximum Gasteiger partial charge on any atom is 0.133 e. The molecule has 2 aromatic carbocycles. The predicted octanol–water partition coefficient (Wildman–Crippen LogP) is 3.95.